The Labute approximate surface area is 93.2 Å². The van der Waals surface area contributed by atoms with Crippen molar-refractivity contribution in [1.29, 1.82) is 0 Å². The van der Waals surface area contributed by atoms with Gasteiger partial charge in [0.05, 0.1) is 0 Å². The summed E-state index contributed by atoms with van der Waals surface area (Å²) in [5.74, 6) is 0.367. The van der Waals surface area contributed by atoms with E-state index in [4.69, 9.17) is 0 Å². The first-order valence-electron chi connectivity index (χ1n) is 4.84. The summed E-state index contributed by atoms with van der Waals surface area (Å²) in [6.45, 7) is 2.26. The molecule has 2 heterocycles. The van der Waals surface area contributed by atoms with E-state index in [-0.39, 0.29) is 5.04 Å². The van der Waals surface area contributed by atoms with E-state index in [9.17, 15) is 8.42 Å². The SMILES string of the molecule is CCCNS(=O)(=O)C1=NC=NC2=NC=NC21. The Morgan fingerprint density at radius 3 is 2.94 bits per heavy atom. The first-order chi connectivity index (χ1) is 7.65. The van der Waals surface area contributed by atoms with E-state index in [1.807, 2.05) is 6.92 Å². The zero-order chi connectivity index (χ0) is 11.6. The Morgan fingerprint density at radius 1 is 1.38 bits per heavy atom. The second kappa shape index (κ2) is 4.22. The molecule has 2 aliphatic heterocycles. The lowest BCUT2D eigenvalue weighted by Gasteiger charge is -2.14. The first kappa shape index (κ1) is 11.1. The monoisotopic (exact) mass is 241 g/mol. The van der Waals surface area contributed by atoms with Crippen LogP contribution in [0.3, 0.4) is 0 Å². The smallest absolute Gasteiger partial charge is 0.255 e. The third kappa shape index (κ3) is 1.93. The number of hydrogen-bond donors (Lipinski definition) is 1. The van der Waals surface area contributed by atoms with E-state index in [1.54, 1.807) is 0 Å². The number of aliphatic imine (C=N–C) groups is 4. The van der Waals surface area contributed by atoms with Gasteiger partial charge >= 0.3 is 0 Å². The molecule has 2 aliphatic rings. The van der Waals surface area contributed by atoms with Crippen LogP contribution in [0.15, 0.2) is 20.0 Å². The van der Waals surface area contributed by atoms with E-state index in [0.717, 1.165) is 6.42 Å². The topological polar surface area (TPSA) is 95.6 Å². The van der Waals surface area contributed by atoms with Gasteiger partial charge in [0.1, 0.15) is 12.7 Å². The summed E-state index contributed by atoms with van der Waals surface area (Å²) < 4.78 is 26.2. The molecule has 0 aliphatic carbocycles. The van der Waals surface area contributed by atoms with Crippen LogP contribution in [0.4, 0.5) is 0 Å². The molecule has 16 heavy (non-hydrogen) atoms. The number of nitrogens with zero attached hydrogens (tertiary/aromatic N) is 4. The number of nitrogens with one attached hydrogen (secondary N) is 1. The minimum absolute atomic E-state index is 0.0385. The van der Waals surface area contributed by atoms with Crippen molar-refractivity contribution in [3.8, 4) is 0 Å². The quantitative estimate of drug-likeness (QED) is 0.725. The van der Waals surface area contributed by atoms with Gasteiger partial charge in [-0.3, -0.25) is 4.99 Å². The maximum absolute atomic E-state index is 11.9. The van der Waals surface area contributed by atoms with Gasteiger partial charge in [0, 0.05) is 6.54 Å². The predicted molar refractivity (Wildman–Crippen MR) is 62.9 cm³/mol. The Bertz CT molecular complexity index is 503. The highest BCUT2D eigenvalue weighted by molar-refractivity contribution is 8.05. The van der Waals surface area contributed by atoms with Gasteiger partial charge in [-0.15, -0.1) is 0 Å². The molecule has 1 atom stereocenters. The molecule has 0 radical (unpaired) electrons. The van der Waals surface area contributed by atoms with Gasteiger partial charge in [0.15, 0.2) is 16.9 Å². The first-order valence-corrected chi connectivity index (χ1v) is 6.32. The van der Waals surface area contributed by atoms with Gasteiger partial charge < -0.3 is 0 Å². The Kier molecular flexibility index (Phi) is 2.92. The second-order valence-electron chi connectivity index (χ2n) is 3.26. The van der Waals surface area contributed by atoms with Crippen molar-refractivity contribution >= 4 is 33.6 Å². The second-order valence-corrected chi connectivity index (χ2v) is 4.98. The van der Waals surface area contributed by atoms with Crippen molar-refractivity contribution in [1.82, 2.24) is 4.72 Å². The molecule has 86 valence electrons. The van der Waals surface area contributed by atoms with Crippen molar-refractivity contribution in [3.05, 3.63) is 0 Å². The van der Waals surface area contributed by atoms with Crippen molar-refractivity contribution in [2.24, 2.45) is 20.0 Å². The van der Waals surface area contributed by atoms with Crippen molar-refractivity contribution in [2.45, 2.75) is 19.4 Å². The molecule has 0 aromatic heterocycles. The summed E-state index contributed by atoms with van der Waals surface area (Å²) in [5.41, 5.74) is 0. The molecule has 1 unspecified atom stereocenters. The molecule has 0 aromatic carbocycles. The van der Waals surface area contributed by atoms with Gasteiger partial charge in [-0.1, -0.05) is 6.92 Å². The molecule has 0 spiro atoms. The average molecular weight is 241 g/mol. The van der Waals surface area contributed by atoms with E-state index < -0.39 is 16.1 Å². The van der Waals surface area contributed by atoms with Crippen molar-refractivity contribution in [2.75, 3.05) is 6.54 Å². The molecule has 0 bridgehead atoms. The zero-order valence-corrected chi connectivity index (χ0v) is 9.48. The zero-order valence-electron chi connectivity index (χ0n) is 8.66. The molecule has 0 saturated carbocycles. The molecule has 0 aromatic rings. The third-order valence-corrected chi connectivity index (χ3v) is 3.54. The fourth-order valence-corrected chi connectivity index (χ4v) is 2.58. The van der Waals surface area contributed by atoms with Gasteiger partial charge in [-0.05, 0) is 6.42 Å². The van der Waals surface area contributed by atoms with Crippen LogP contribution in [0, 0.1) is 0 Å². The minimum atomic E-state index is -3.59. The predicted octanol–water partition coefficient (Wildman–Crippen LogP) is -0.435. The van der Waals surface area contributed by atoms with E-state index in [1.165, 1.54) is 12.7 Å². The number of amidine groups is 1. The fraction of sp³-hybridized carbons (Fsp3) is 0.500. The van der Waals surface area contributed by atoms with Gasteiger partial charge in [0.25, 0.3) is 10.0 Å². The maximum atomic E-state index is 11.9. The summed E-state index contributed by atoms with van der Waals surface area (Å²) in [6.07, 6.45) is 3.20. The van der Waals surface area contributed by atoms with Crippen LogP contribution < -0.4 is 4.72 Å². The number of rotatable bonds is 3. The highest BCUT2D eigenvalue weighted by Gasteiger charge is 2.34. The van der Waals surface area contributed by atoms with Crippen LogP contribution >= 0.6 is 0 Å². The van der Waals surface area contributed by atoms with Gasteiger partial charge in [-0.25, -0.2) is 28.1 Å². The Balaban J connectivity index is 2.27. The molecule has 0 amide bonds. The Morgan fingerprint density at radius 2 is 2.19 bits per heavy atom. The summed E-state index contributed by atoms with van der Waals surface area (Å²) in [5, 5.41) is -0.0385. The molecular formula is C8H11N5O2S. The lowest BCUT2D eigenvalue weighted by Crippen LogP contribution is -2.41. The normalized spacial score (nSPS) is 22.9. The standard InChI is InChI=1S/C8H11N5O2S/c1-2-3-13-16(14,15)8-6-7(10-4-9-6)11-5-12-8/h4-6,13H,2-3H2,1H3. The molecule has 7 nitrogen and oxygen atoms in total. The lowest BCUT2D eigenvalue weighted by molar-refractivity contribution is 0.592. The van der Waals surface area contributed by atoms with E-state index in [0.29, 0.717) is 12.4 Å². The highest BCUT2D eigenvalue weighted by atomic mass is 32.2. The molecule has 1 N–H and O–H groups in total. The van der Waals surface area contributed by atoms with Crippen LogP contribution in [-0.4, -0.2) is 44.6 Å². The van der Waals surface area contributed by atoms with Crippen molar-refractivity contribution < 1.29 is 8.42 Å². The average Bonchev–Trinajstić information content (AvgIpc) is 2.73. The van der Waals surface area contributed by atoms with Crippen LogP contribution in [0.5, 0.6) is 0 Å². The summed E-state index contributed by atoms with van der Waals surface area (Å²) in [7, 11) is -3.59. The van der Waals surface area contributed by atoms with Gasteiger partial charge in [0.2, 0.25) is 0 Å². The van der Waals surface area contributed by atoms with Crippen LogP contribution in [0.2, 0.25) is 0 Å². The summed E-state index contributed by atoms with van der Waals surface area (Å²) in [4.78, 5) is 15.4. The Hall–Kier alpha value is -1.41. The highest BCUT2D eigenvalue weighted by Crippen LogP contribution is 2.12. The lowest BCUT2D eigenvalue weighted by atomic mass is 10.3. The number of hydrogen-bond acceptors (Lipinski definition) is 6. The molecule has 0 saturated heterocycles. The molecule has 2 rings (SSSR count). The number of sulfonamides is 1. The summed E-state index contributed by atoms with van der Waals surface area (Å²) in [6, 6.07) is -0.681. The maximum Gasteiger partial charge on any atom is 0.256 e. The third-order valence-electron chi connectivity index (χ3n) is 2.08. The fourth-order valence-electron chi connectivity index (χ4n) is 1.32. The number of fused-ring (bicyclic) bond motifs is 1. The molecular weight excluding hydrogens is 230 g/mol. The molecule has 0 fully saturated rings. The minimum Gasteiger partial charge on any atom is -0.255 e. The van der Waals surface area contributed by atoms with Crippen LogP contribution in [-0.2, 0) is 10.0 Å². The van der Waals surface area contributed by atoms with E-state index in [2.05, 4.69) is 24.7 Å². The summed E-state index contributed by atoms with van der Waals surface area (Å²) >= 11 is 0. The van der Waals surface area contributed by atoms with Crippen LogP contribution in [0.1, 0.15) is 13.3 Å². The largest absolute Gasteiger partial charge is 0.256 e. The van der Waals surface area contributed by atoms with Crippen LogP contribution in [0.25, 0.3) is 0 Å². The molecule has 8 heteroatoms. The van der Waals surface area contributed by atoms with E-state index >= 15 is 0 Å². The van der Waals surface area contributed by atoms with Gasteiger partial charge in [-0.2, -0.15) is 0 Å². The van der Waals surface area contributed by atoms with Crippen molar-refractivity contribution in [3.63, 3.8) is 0 Å².